The van der Waals surface area contributed by atoms with Gasteiger partial charge < -0.3 is 4.40 Å². The zero-order valence-corrected chi connectivity index (χ0v) is 28.5. The van der Waals surface area contributed by atoms with Crippen LogP contribution in [0.4, 0.5) is 0 Å². The maximum atomic E-state index is 5.60. The molecule has 0 amide bonds. The number of nitrogens with zero attached hydrogens (tertiary/aromatic N) is 3. The molecule has 1 aliphatic rings. The van der Waals surface area contributed by atoms with Gasteiger partial charge in [-0.15, -0.1) is 0 Å². The van der Waals surface area contributed by atoms with E-state index in [1.807, 2.05) is 0 Å². The average Bonchev–Trinajstić information content (AvgIpc) is 3.73. The SMILES string of the molecule is CC1c2ccccc2-c2c(cc3c4c5ccccc5ccc4n4c5ccccc5c2c34)C1c1nc(-c2ccc3ccccc3c2)nc2ccccc12. The van der Waals surface area contributed by atoms with Crippen LogP contribution in [0.5, 0.6) is 0 Å². The average molecular weight is 662 g/mol. The van der Waals surface area contributed by atoms with Gasteiger partial charge in [-0.1, -0.05) is 134 Å². The highest BCUT2D eigenvalue weighted by Gasteiger charge is 2.37. The minimum Gasteiger partial charge on any atom is -0.308 e. The highest BCUT2D eigenvalue weighted by molar-refractivity contribution is 6.31. The number of hydrogen-bond donors (Lipinski definition) is 0. The Hall–Kier alpha value is -6.58. The number of hydrogen-bond acceptors (Lipinski definition) is 2. The van der Waals surface area contributed by atoms with Crippen molar-refractivity contribution in [2.75, 3.05) is 0 Å². The normalized spacial score (nSPS) is 15.8. The molecule has 1 aliphatic carbocycles. The molecule has 0 bridgehead atoms. The number of benzene rings is 8. The number of fused-ring (bicyclic) bond motifs is 14. The van der Waals surface area contributed by atoms with E-state index in [9.17, 15) is 0 Å². The lowest BCUT2D eigenvalue weighted by Gasteiger charge is -2.34. The summed E-state index contributed by atoms with van der Waals surface area (Å²) < 4.78 is 2.52. The smallest absolute Gasteiger partial charge is 0.160 e. The molecule has 0 radical (unpaired) electrons. The molecule has 3 heterocycles. The van der Waals surface area contributed by atoms with Crippen LogP contribution in [-0.4, -0.2) is 14.4 Å². The van der Waals surface area contributed by atoms with Crippen molar-refractivity contribution in [1.82, 2.24) is 14.4 Å². The van der Waals surface area contributed by atoms with Crippen molar-refractivity contribution in [3.8, 4) is 22.5 Å². The maximum Gasteiger partial charge on any atom is 0.160 e. The van der Waals surface area contributed by atoms with Crippen LogP contribution in [0.25, 0.3) is 93.1 Å². The third kappa shape index (κ3) is 3.64. The van der Waals surface area contributed by atoms with E-state index < -0.39 is 0 Å². The molecule has 0 saturated carbocycles. The zero-order valence-electron chi connectivity index (χ0n) is 28.5. The summed E-state index contributed by atoms with van der Waals surface area (Å²) >= 11 is 0. The Labute approximate surface area is 299 Å². The monoisotopic (exact) mass is 661 g/mol. The van der Waals surface area contributed by atoms with Gasteiger partial charge in [-0.05, 0) is 80.0 Å². The molecule has 242 valence electrons. The Kier molecular flexibility index (Phi) is 5.55. The highest BCUT2D eigenvalue weighted by Crippen LogP contribution is 2.56. The third-order valence-electron chi connectivity index (χ3n) is 11.9. The Bertz CT molecular complexity index is 3280. The molecule has 11 aromatic rings. The molecule has 0 spiro atoms. The van der Waals surface area contributed by atoms with Crippen LogP contribution in [-0.2, 0) is 0 Å². The van der Waals surface area contributed by atoms with E-state index in [0.717, 1.165) is 28.0 Å². The first-order valence-corrected chi connectivity index (χ1v) is 18.2. The van der Waals surface area contributed by atoms with Gasteiger partial charge in [0.2, 0.25) is 0 Å². The Morgan fingerprint density at radius 2 is 1.21 bits per heavy atom. The fraction of sp³-hybridized carbons (Fsp3) is 0.0612. The van der Waals surface area contributed by atoms with Crippen molar-refractivity contribution in [3.63, 3.8) is 0 Å². The van der Waals surface area contributed by atoms with Crippen LogP contribution in [0.1, 0.15) is 35.6 Å². The second-order valence-corrected chi connectivity index (χ2v) is 14.5. The predicted molar refractivity (Wildman–Crippen MR) is 217 cm³/mol. The third-order valence-corrected chi connectivity index (χ3v) is 11.9. The molecule has 8 aromatic carbocycles. The molecular weight excluding hydrogens is 631 g/mol. The Morgan fingerprint density at radius 1 is 0.500 bits per heavy atom. The Balaban J connectivity index is 1.25. The molecule has 0 N–H and O–H groups in total. The fourth-order valence-corrected chi connectivity index (χ4v) is 9.64. The van der Waals surface area contributed by atoms with Crippen LogP contribution >= 0.6 is 0 Å². The van der Waals surface area contributed by atoms with Crippen LogP contribution in [0.15, 0.2) is 158 Å². The fourth-order valence-electron chi connectivity index (χ4n) is 9.64. The van der Waals surface area contributed by atoms with Gasteiger partial charge in [-0.25, -0.2) is 9.97 Å². The summed E-state index contributed by atoms with van der Waals surface area (Å²) in [6.45, 7) is 2.40. The van der Waals surface area contributed by atoms with Gasteiger partial charge in [-0.3, -0.25) is 0 Å². The Morgan fingerprint density at radius 3 is 2.12 bits per heavy atom. The largest absolute Gasteiger partial charge is 0.308 e. The van der Waals surface area contributed by atoms with Gasteiger partial charge in [0.1, 0.15) is 0 Å². The quantitative estimate of drug-likeness (QED) is 0.185. The lowest BCUT2D eigenvalue weighted by Crippen LogP contribution is -2.19. The summed E-state index contributed by atoms with van der Waals surface area (Å²) in [7, 11) is 0. The van der Waals surface area contributed by atoms with Crippen molar-refractivity contribution in [2.24, 2.45) is 0 Å². The molecular formula is C49H31N3. The highest BCUT2D eigenvalue weighted by atomic mass is 14.9. The summed E-state index contributed by atoms with van der Waals surface area (Å²) in [6, 6.07) is 57.7. The van der Waals surface area contributed by atoms with E-state index in [-0.39, 0.29) is 11.8 Å². The molecule has 2 unspecified atom stereocenters. The van der Waals surface area contributed by atoms with Crippen molar-refractivity contribution in [1.29, 1.82) is 0 Å². The summed E-state index contributed by atoms with van der Waals surface area (Å²) in [5.74, 6) is 0.947. The minimum atomic E-state index is -0.00112. The van der Waals surface area contributed by atoms with Crippen molar-refractivity contribution in [2.45, 2.75) is 18.8 Å². The molecule has 0 saturated heterocycles. The summed E-state index contributed by atoms with van der Waals surface area (Å²) in [4.78, 5) is 10.8. The molecule has 0 fully saturated rings. The zero-order chi connectivity index (χ0) is 34.1. The van der Waals surface area contributed by atoms with E-state index in [0.29, 0.717) is 0 Å². The second kappa shape index (κ2) is 10.2. The first-order valence-electron chi connectivity index (χ1n) is 18.2. The number of rotatable bonds is 2. The summed E-state index contributed by atoms with van der Waals surface area (Å²) in [5, 5.41) is 11.3. The molecule has 3 heteroatoms. The molecule has 0 aliphatic heterocycles. The molecule has 3 nitrogen and oxygen atoms in total. The van der Waals surface area contributed by atoms with Crippen LogP contribution in [0.2, 0.25) is 0 Å². The van der Waals surface area contributed by atoms with Gasteiger partial charge in [-0.2, -0.15) is 0 Å². The summed E-state index contributed by atoms with van der Waals surface area (Å²) in [6.07, 6.45) is 0. The lowest BCUT2D eigenvalue weighted by molar-refractivity contribution is 0.639. The van der Waals surface area contributed by atoms with Crippen LogP contribution in [0.3, 0.4) is 0 Å². The second-order valence-electron chi connectivity index (χ2n) is 14.5. The maximum absolute atomic E-state index is 5.60. The van der Waals surface area contributed by atoms with Gasteiger partial charge in [0.05, 0.1) is 27.8 Å². The molecule has 3 aromatic heterocycles. The standard InChI is InChI=1S/C49H31N3/c1-28-33-15-6-7-17-35(33)45-38(43(28)47-36-18-8-10-20-40(36)50-49(51-47)32-23-22-29-12-2-3-14-31(29)26-32)27-39-44-34-16-5-4-13-30(34)24-25-42(44)52-41-21-11-9-19-37(41)46(45)48(39)52/h2-28,43H,1H3. The van der Waals surface area contributed by atoms with Crippen LogP contribution < -0.4 is 0 Å². The summed E-state index contributed by atoms with van der Waals surface area (Å²) in [5.41, 5.74) is 12.3. The van der Waals surface area contributed by atoms with E-state index in [2.05, 4.69) is 169 Å². The van der Waals surface area contributed by atoms with Gasteiger partial charge in [0, 0.05) is 38.4 Å². The first-order chi connectivity index (χ1) is 25.7. The van der Waals surface area contributed by atoms with Crippen LogP contribution in [0, 0.1) is 0 Å². The minimum absolute atomic E-state index is 0.00112. The van der Waals surface area contributed by atoms with Crippen molar-refractivity contribution < 1.29 is 0 Å². The van der Waals surface area contributed by atoms with Crippen molar-refractivity contribution in [3.05, 3.63) is 175 Å². The number of aromatic nitrogens is 3. The van der Waals surface area contributed by atoms with E-state index in [1.54, 1.807) is 0 Å². The predicted octanol–water partition coefficient (Wildman–Crippen LogP) is 12.7. The first kappa shape index (κ1) is 28.2. The van der Waals surface area contributed by atoms with Crippen molar-refractivity contribution >= 4 is 70.5 Å². The lowest BCUT2D eigenvalue weighted by atomic mass is 9.69. The number of para-hydroxylation sites is 2. The van der Waals surface area contributed by atoms with Gasteiger partial charge >= 0.3 is 0 Å². The van der Waals surface area contributed by atoms with E-state index in [1.165, 1.54) is 81.9 Å². The van der Waals surface area contributed by atoms with E-state index in [4.69, 9.17) is 9.97 Å². The molecule has 52 heavy (non-hydrogen) atoms. The topological polar surface area (TPSA) is 30.2 Å². The van der Waals surface area contributed by atoms with E-state index >= 15 is 0 Å². The molecule has 2 atom stereocenters. The van der Waals surface area contributed by atoms with Gasteiger partial charge in [0.25, 0.3) is 0 Å². The van der Waals surface area contributed by atoms with Gasteiger partial charge in [0.15, 0.2) is 5.82 Å². The molecule has 12 rings (SSSR count).